The molecule has 0 saturated carbocycles. The largest absolute Gasteiger partial charge is 0.468 e. The second kappa shape index (κ2) is 5.85. The number of carbonyl (C=O) groups excluding carboxylic acids is 1. The van der Waals surface area contributed by atoms with Gasteiger partial charge in [-0.2, -0.15) is 0 Å². The van der Waals surface area contributed by atoms with Gasteiger partial charge in [0.05, 0.1) is 12.2 Å². The Labute approximate surface area is 139 Å². The van der Waals surface area contributed by atoms with Gasteiger partial charge in [0.15, 0.2) is 0 Å². The highest BCUT2D eigenvalue weighted by Crippen LogP contribution is 2.57. The molecular formula is C20H28O3. The minimum atomic E-state index is -0.229. The Morgan fingerprint density at radius 3 is 2.96 bits per heavy atom. The van der Waals surface area contributed by atoms with Crippen molar-refractivity contribution < 1.29 is 13.9 Å². The lowest BCUT2D eigenvalue weighted by Gasteiger charge is -2.48. The van der Waals surface area contributed by atoms with Gasteiger partial charge in [0.25, 0.3) is 0 Å². The van der Waals surface area contributed by atoms with Gasteiger partial charge in [0.2, 0.25) is 0 Å². The number of allylic oxidation sites excluding steroid dienone is 1. The van der Waals surface area contributed by atoms with E-state index in [-0.39, 0.29) is 23.4 Å². The summed E-state index contributed by atoms with van der Waals surface area (Å²) < 4.78 is 11.9. The van der Waals surface area contributed by atoms with Crippen LogP contribution in [0.25, 0.3) is 0 Å². The van der Waals surface area contributed by atoms with E-state index >= 15 is 0 Å². The average molecular weight is 316 g/mol. The highest BCUT2D eigenvalue weighted by atomic mass is 16.5. The molecule has 0 spiro atoms. The summed E-state index contributed by atoms with van der Waals surface area (Å²) in [6, 6.07) is 0. The molecule has 1 aromatic rings. The van der Waals surface area contributed by atoms with Gasteiger partial charge in [0.1, 0.15) is 11.9 Å². The third-order valence-corrected chi connectivity index (χ3v) is 6.22. The summed E-state index contributed by atoms with van der Waals surface area (Å²) in [4.78, 5) is 12.5. The van der Waals surface area contributed by atoms with Gasteiger partial charge in [-0.25, -0.2) is 0 Å². The van der Waals surface area contributed by atoms with Gasteiger partial charge in [-0.1, -0.05) is 39.3 Å². The molecule has 0 aromatic carbocycles. The van der Waals surface area contributed by atoms with Gasteiger partial charge in [0, 0.05) is 17.4 Å². The van der Waals surface area contributed by atoms with Crippen LogP contribution >= 0.6 is 0 Å². The Bertz CT molecular complexity index is 639. The molecule has 0 bridgehead atoms. The number of fused-ring (bicyclic) bond motifs is 2. The van der Waals surface area contributed by atoms with Gasteiger partial charge >= 0.3 is 5.97 Å². The third kappa shape index (κ3) is 2.45. The molecule has 0 amide bonds. The fourth-order valence-corrected chi connectivity index (χ4v) is 4.08. The van der Waals surface area contributed by atoms with E-state index in [4.69, 9.17) is 9.15 Å². The lowest BCUT2D eigenvalue weighted by Crippen LogP contribution is -2.43. The molecule has 0 radical (unpaired) electrons. The first-order chi connectivity index (χ1) is 10.9. The molecule has 2 aliphatic carbocycles. The van der Waals surface area contributed by atoms with Crippen molar-refractivity contribution in [3.05, 3.63) is 34.8 Å². The highest BCUT2D eigenvalue weighted by molar-refractivity contribution is 5.72. The Balaban J connectivity index is 2.07. The number of hydrogen-bond acceptors (Lipinski definition) is 3. The van der Waals surface area contributed by atoms with Crippen molar-refractivity contribution >= 4 is 5.97 Å². The van der Waals surface area contributed by atoms with Crippen LogP contribution in [0.15, 0.2) is 22.3 Å². The number of carbonyl (C=O) groups is 1. The second-order valence-electron chi connectivity index (χ2n) is 7.55. The summed E-state index contributed by atoms with van der Waals surface area (Å²) in [5.74, 6) is 1.30. The molecule has 0 fully saturated rings. The Morgan fingerprint density at radius 2 is 2.26 bits per heavy atom. The van der Waals surface area contributed by atoms with Crippen LogP contribution in [-0.2, 0) is 16.0 Å². The smallest absolute Gasteiger partial charge is 0.309 e. The van der Waals surface area contributed by atoms with E-state index < -0.39 is 0 Å². The van der Waals surface area contributed by atoms with Crippen LogP contribution in [-0.4, -0.2) is 5.97 Å². The van der Waals surface area contributed by atoms with Crippen molar-refractivity contribution in [2.24, 2.45) is 17.3 Å². The Morgan fingerprint density at radius 1 is 1.52 bits per heavy atom. The molecule has 1 aromatic heterocycles. The number of rotatable bonds is 3. The van der Waals surface area contributed by atoms with Gasteiger partial charge in [-0.3, -0.25) is 4.79 Å². The Hall–Kier alpha value is -1.51. The van der Waals surface area contributed by atoms with Crippen molar-refractivity contribution in [2.75, 3.05) is 0 Å². The summed E-state index contributed by atoms with van der Waals surface area (Å²) in [5.41, 5.74) is 3.46. The lowest BCUT2D eigenvalue weighted by molar-refractivity contribution is -0.163. The van der Waals surface area contributed by atoms with Crippen molar-refractivity contribution in [3.63, 3.8) is 0 Å². The molecule has 3 heteroatoms. The lowest BCUT2D eigenvalue weighted by atomic mass is 9.58. The maximum absolute atomic E-state index is 12.5. The molecule has 1 heterocycles. The van der Waals surface area contributed by atoms with Crippen LogP contribution in [0.3, 0.4) is 0 Å². The zero-order valence-electron chi connectivity index (χ0n) is 14.9. The molecule has 0 N–H and O–H groups in total. The van der Waals surface area contributed by atoms with Crippen LogP contribution in [0.1, 0.15) is 69.9 Å². The topological polar surface area (TPSA) is 39.4 Å². The number of furan rings is 1. The van der Waals surface area contributed by atoms with Crippen LogP contribution in [0.4, 0.5) is 0 Å². The molecule has 4 unspecified atom stereocenters. The van der Waals surface area contributed by atoms with E-state index in [1.807, 2.05) is 13.8 Å². The standard InChI is InChI=1S/C20H28O3/c1-6-12(2)19(21)23-18-17-13(3)11-22-16(17)10-15-9-7-8-14(4)20(15,18)5/h9,11-12,14,18H,6-8,10H2,1-5H3. The molecule has 23 heavy (non-hydrogen) atoms. The van der Waals surface area contributed by atoms with Crippen molar-refractivity contribution in [3.8, 4) is 0 Å². The Kier molecular flexibility index (Phi) is 4.16. The van der Waals surface area contributed by atoms with Gasteiger partial charge in [-0.15, -0.1) is 0 Å². The molecule has 126 valence electrons. The number of hydrogen-bond donors (Lipinski definition) is 0. The van der Waals surface area contributed by atoms with Crippen LogP contribution in [0.5, 0.6) is 0 Å². The SMILES string of the molecule is CCC(C)C(=O)OC1c2c(C)coc2CC2=CCCC(C)C21C. The third-order valence-electron chi connectivity index (χ3n) is 6.22. The van der Waals surface area contributed by atoms with Crippen LogP contribution < -0.4 is 0 Å². The monoisotopic (exact) mass is 316 g/mol. The minimum absolute atomic E-state index is 0.0671. The number of aryl methyl sites for hydroxylation is 1. The van der Waals surface area contributed by atoms with E-state index in [2.05, 4.69) is 26.8 Å². The maximum atomic E-state index is 12.5. The minimum Gasteiger partial charge on any atom is -0.468 e. The normalized spacial score (nSPS) is 30.9. The molecule has 3 rings (SSSR count). The van der Waals surface area contributed by atoms with Crippen molar-refractivity contribution in [1.82, 2.24) is 0 Å². The first-order valence-electron chi connectivity index (χ1n) is 8.86. The molecule has 2 aliphatic rings. The molecular weight excluding hydrogens is 288 g/mol. The van der Waals surface area contributed by atoms with Gasteiger partial charge in [-0.05, 0) is 37.7 Å². The molecule has 0 saturated heterocycles. The zero-order chi connectivity index (χ0) is 16.8. The van der Waals surface area contributed by atoms with Gasteiger partial charge < -0.3 is 9.15 Å². The predicted molar refractivity (Wildman–Crippen MR) is 90.0 cm³/mol. The van der Waals surface area contributed by atoms with E-state index in [9.17, 15) is 4.79 Å². The van der Waals surface area contributed by atoms with E-state index in [1.54, 1.807) is 6.26 Å². The predicted octanol–water partition coefficient (Wildman–Crippen LogP) is 5.14. The van der Waals surface area contributed by atoms with Crippen molar-refractivity contribution in [2.45, 2.75) is 66.4 Å². The summed E-state index contributed by atoms with van der Waals surface area (Å²) in [6.45, 7) is 10.6. The van der Waals surface area contributed by atoms with Crippen LogP contribution in [0.2, 0.25) is 0 Å². The fraction of sp³-hybridized carbons (Fsp3) is 0.650. The summed E-state index contributed by atoms with van der Waals surface area (Å²) in [6.07, 6.45) is 7.81. The summed E-state index contributed by atoms with van der Waals surface area (Å²) in [5, 5.41) is 0. The molecule has 0 aliphatic heterocycles. The van der Waals surface area contributed by atoms with Crippen molar-refractivity contribution in [1.29, 1.82) is 0 Å². The summed E-state index contributed by atoms with van der Waals surface area (Å²) >= 11 is 0. The first kappa shape index (κ1) is 16.4. The quantitative estimate of drug-likeness (QED) is 0.573. The number of esters is 1. The maximum Gasteiger partial charge on any atom is 0.309 e. The summed E-state index contributed by atoms with van der Waals surface area (Å²) in [7, 11) is 0. The fourth-order valence-electron chi connectivity index (χ4n) is 4.08. The average Bonchev–Trinajstić information content (AvgIpc) is 2.89. The van der Waals surface area contributed by atoms with E-state index in [0.29, 0.717) is 5.92 Å². The zero-order valence-corrected chi connectivity index (χ0v) is 14.9. The number of ether oxygens (including phenoxy) is 1. The molecule has 3 nitrogen and oxygen atoms in total. The molecule has 4 atom stereocenters. The first-order valence-corrected chi connectivity index (χ1v) is 8.86. The highest BCUT2D eigenvalue weighted by Gasteiger charge is 2.51. The second-order valence-corrected chi connectivity index (χ2v) is 7.55. The van der Waals surface area contributed by atoms with E-state index in [1.165, 1.54) is 5.57 Å². The van der Waals surface area contributed by atoms with Crippen LogP contribution in [0, 0.1) is 24.2 Å². The van der Waals surface area contributed by atoms with E-state index in [0.717, 1.165) is 42.6 Å².